The molecule has 4 N–H and O–H groups in total. The minimum absolute atomic E-state index is 0.166. The normalized spacial score (nSPS) is 12.1. The topological polar surface area (TPSA) is 115 Å². The summed E-state index contributed by atoms with van der Waals surface area (Å²) in [5.41, 5.74) is 0.213. The van der Waals surface area contributed by atoms with Gasteiger partial charge in [-0.15, -0.1) is 0 Å². The number of unbranched alkanes of at least 4 members (excludes halogenated alkanes) is 2. The third-order valence-electron chi connectivity index (χ3n) is 3.88. The molecule has 24 heavy (non-hydrogen) atoms. The Morgan fingerprint density at radius 2 is 1.71 bits per heavy atom. The fraction of sp³-hybridized carbons (Fsp3) is 0.556. The highest BCUT2D eigenvalue weighted by Gasteiger charge is 2.16. The van der Waals surface area contributed by atoms with Crippen LogP contribution in [0.3, 0.4) is 0 Å². The number of aromatic carboxylic acids is 1. The zero-order chi connectivity index (χ0) is 18.1. The number of aliphatic hydroxyl groups excluding tert-OH is 1. The fourth-order valence-electron chi connectivity index (χ4n) is 2.65. The van der Waals surface area contributed by atoms with Gasteiger partial charge in [0, 0.05) is 18.9 Å². The van der Waals surface area contributed by atoms with Crippen LogP contribution < -0.4 is 0 Å². The Morgan fingerprint density at radius 3 is 2.33 bits per heavy atom. The summed E-state index contributed by atoms with van der Waals surface area (Å²) in [6.45, 7) is 1.70. The molecular weight excluding hydrogens is 312 g/mol. The van der Waals surface area contributed by atoms with E-state index in [2.05, 4.69) is 0 Å². The van der Waals surface area contributed by atoms with Crippen LogP contribution in [0.25, 0.3) is 0 Å². The molecule has 1 aromatic rings. The predicted molar refractivity (Wildman–Crippen MR) is 89.4 cm³/mol. The Kier molecular flexibility index (Phi) is 8.26. The van der Waals surface area contributed by atoms with Crippen LogP contribution >= 0.6 is 0 Å². The third-order valence-corrected chi connectivity index (χ3v) is 3.88. The Hall–Kier alpha value is -2.08. The van der Waals surface area contributed by atoms with Crippen molar-refractivity contribution in [2.45, 2.75) is 64.4 Å². The van der Waals surface area contributed by atoms with Gasteiger partial charge in [0.05, 0.1) is 6.10 Å². The second-order valence-electron chi connectivity index (χ2n) is 6.14. The molecule has 0 unspecified atom stereocenters. The van der Waals surface area contributed by atoms with Gasteiger partial charge in [0.25, 0.3) is 0 Å². The first-order valence-electron chi connectivity index (χ1n) is 8.29. The lowest BCUT2D eigenvalue weighted by atomic mass is 9.98. The van der Waals surface area contributed by atoms with Crippen LogP contribution in [0, 0.1) is 0 Å². The van der Waals surface area contributed by atoms with E-state index in [9.17, 15) is 19.8 Å². The maximum absolute atomic E-state index is 11.7. The molecule has 1 atom stereocenters. The molecule has 0 amide bonds. The third kappa shape index (κ3) is 7.00. The number of carboxylic acid groups (broad SMARTS) is 1. The van der Waals surface area contributed by atoms with E-state index in [0.717, 1.165) is 18.9 Å². The van der Waals surface area contributed by atoms with Crippen LogP contribution in [-0.4, -0.2) is 38.3 Å². The largest absolute Gasteiger partial charge is 0.508 e. The predicted octanol–water partition coefficient (Wildman–Crippen LogP) is 3.02. The molecule has 0 spiro atoms. The van der Waals surface area contributed by atoms with E-state index in [1.54, 1.807) is 6.92 Å². The molecule has 0 saturated heterocycles. The highest BCUT2D eigenvalue weighted by Crippen LogP contribution is 2.28. The Balaban J connectivity index is 2.36. The van der Waals surface area contributed by atoms with Gasteiger partial charge in [0.15, 0.2) is 0 Å². The number of phenols is 2. The summed E-state index contributed by atoms with van der Waals surface area (Å²) in [6, 6.07) is 2.36. The van der Waals surface area contributed by atoms with E-state index in [0.29, 0.717) is 44.1 Å². The summed E-state index contributed by atoms with van der Waals surface area (Å²) in [4.78, 5) is 22.8. The molecule has 0 aliphatic heterocycles. The van der Waals surface area contributed by atoms with E-state index in [1.807, 2.05) is 0 Å². The van der Waals surface area contributed by atoms with Crippen molar-refractivity contribution in [1.82, 2.24) is 0 Å². The van der Waals surface area contributed by atoms with Gasteiger partial charge >= 0.3 is 5.97 Å². The molecule has 1 aromatic carbocycles. The number of aromatic hydroxyl groups is 2. The maximum atomic E-state index is 11.7. The molecule has 6 nitrogen and oxygen atoms in total. The molecule has 0 heterocycles. The highest BCUT2D eigenvalue weighted by molar-refractivity contribution is 5.92. The zero-order valence-corrected chi connectivity index (χ0v) is 14.0. The van der Waals surface area contributed by atoms with Crippen molar-refractivity contribution in [2.24, 2.45) is 0 Å². The van der Waals surface area contributed by atoms with Crippen LogP contribution in [0.2, 0.25) is 0 Å². The number of ketones is 1. The molecule has 0 aliphatic rings. The van der Waals surface area contributed by atoms with Crippen molar-refractivity contribution in [3.05, 3.63) is 23.3 Å². The van der Waals surface area contributed by atoms with Crippen molar-refractivity contribution in [2.75, 3.05) is 0 Å². The molecule has 6 heteroatoms. The average Bonchev–Trinajstić information content (AvgIpc) is 2.45. The number of carbonyl (C=O) groups is 2. The van der Waals surface area contributed by atoms with Crippen molar-refractivity contribution >= 4 is 11.8 Å². The highest BCUT2D eigenvalue weighted by atomic mass is 16.4. The zero-order valence-electron chi connectivity index (χ0n) is 14.0. The number of carbonyl (C=O) groups excluding carboxylic acids is 1. The average molecular weight is 338 g/mol. The summed E-state index contributed by atoms with van der Waals surface area (Å²) in [7, 11) is 0. The van der Waals surface area contributed by atoms with E-state index >= 15 is 0 Å². The molecule has 0 bridgehead atoms. The summed E-state index contributed by atoms with van der Waals surface area (Å²) >= 11 is 0. The fourth-order valence-corrected chi connectivity index (χ4v) is 2.65. The summed E-state index contributed by atoms with van der Waals surface area (Å²) in [6.07, 6.45) is 4.49. The van der Waals surface area contributed by atoms with Crippen molar-refractivity contribution in [1.29, 1.82) is 0 Å². The number of hydrogen-bond donors (Lipinski definition) is 4. The van der Waals surface area contributed by atoms with Gasteiger partial charge in [0.2, 0.25) is 0 Å². The number of Topliss-reactive ketones (excluding diaryl/α,β-unsaturated/α-hetero) is 1. The van der Waals surface area contributed by atoms with Crippen LogP contribution in [0.4, 0.5) is 0 Å². The number of hydrogen-bond acceptors (Lipinski definition) is 5. The maximum Gasteiger partial charge on any atom is 0.339 e. The number of carboxylic acids is 1. The van der Waals surface area contributed by atoms with Gasteiger partial charge < -0.3 is 20.4 Å². The number of benzene rings is 1. The number of aliphatic hydroxyl groups is 1. The van der Waals surface area contributed by atoms with Gasteiger partial charge in [-0.2, -0.15) is 0 Å². The second kappa shape index (κ2) is 9.93. The molecule has 0 aromatic heterocycles. The smallest absolute Gasteiger partial charge is 0.339 e. The minimum Gasteiger partial charge on any atom is -0.508 e. The van der Waals surface area contributed by atoms with Crippen LogP contribution in [0.15, 0.2) is 12.1 Å². The summed E-state index contributed by atoms with van der Waals surface area (Å²) < 4.78 is 0. The quantitative estimate of drug-likeness (QED) is 0.461. The Morgan fingerprint density at radius 1 is 1.04 bits per heavy atom. The first kappa shape index (κ1) is 20.0. The lowest BCUT2D eigenvalue weighted by Gasteiger charge is -2.09. The van der Waals surface area contributed by atoms with Crippen LogP contribution in [-0.2, 0) is 11.2 Å². The van der Waals surface area contributed by atoms with Gasteiger partial charge in [-0.25, -0.2) is 4.79 Å². The minimum atomic E-state index is -1.23. The summed E-state index contributed by atoms with van der Waals surface area (Å²) in [5.74, 6) is -1.65. The van der Waals surface area contributed by atoms with E-state index in [-0.39, 0.29) is 23.2 Å². The molecule has 0 radical (unpaired) electrons. The second-order valence-corrected chi connectivity index (χ2v) is 6.14. The Labute approximate surface area is 141 Å². The van der Waals surface area contributed by atoms with Crippen LogP contribution in [0.5, 0.6) is 11.5 Å². The van der Waals surface area contributed by atoms with Crippen molar-refractivity contribution in [3.63, 3.8) is 0 Å². The Bertz CT molecular complexity index is 565. The SMILES string of the molecule is C[C@@H](O)CCCC(=O)CCCCCc1cc(O)cc(O)c1C(=O)O. The lowest BCUT2D eigenvalue weighted by molar-refractivity contribution is -0.119. The van der Waals surface area contributed by atoms with Gasteiger partial charge in [-0.3, -0.25) is 4.79 Å². The van der Waals surface area contributed by atoms with Gasteiger partial charge in [-0.05, 0) is 50.7 Å². The lowest BCUT2D eigenvalue weighted by Crippen LogP contribution is -2.04. The molecule has 0 aliphatic carbocycles. The van der Waals surface area contributed by atoms with E-state index in [1.165, 1.54) is 6.07 Å². The van der Waals surface area contributed by atoms with Crippen molar-refractivity contribution in [3.8, 4) is 11.5 Å². The van der Waals surface area contributed by atoms with Gasteiger partial charge in [0.1, 0.15) is 22.8 Å². The number of phenolic OH excluding ortho intramolecular Hbond substituents is 1. The monoisotopic (exact) mass is 338 g/mol. The van der Waals surface area contributed by atoms with Crippen LogP contribution in [0.1, 0.15) is 67.8 Å². The van der Waals surface area contributed by atoms with E-state index in [4.69, 9.17) is 10.2 Å². The number of rotatable bonds is 11. The first-order chi connectivity index (χ1) is 11.3. The summed E-state index contributed by atoms with van der Waals surface area (Å²) in [5, 5.41) is 37.4. The molecule has 0 saturated carbocycles. The van der Waals surface area contributed by atoms with E-state index < -0.39 is 11.7 Å². The number of aryl methyl sites for hydroxylation is 1. The van der Waals surface area contributed by atoms with Gasteiger partial charge in [-0.1, -0.05) is 6.42 Å². The molecular formula is C18H26O6. The molecule has 1 rings (SSSR count). The van der Waals surface area contributed by atoms with Crippen molar-refractivity contribution < 1.29 is 30.0 Å². The molecule has 0 fully saturated rings. The standard InChI is InChI=1S/C18H26O6/c1-12(19)6-5-9-14(20)8-4-2-3-7-13-10-15(21)11-16(22)17(13)18(23)24/h10-12,19,21-22H,2-9H2,1H3,(H,23,24)/t12-/m1/s1. The first-order valence-corrected chi connectivity index (χ1v) is 8.29. The molecule has 134 valence electrons.